The molecule has 0 aliphatic rings. The van der Waals surface area contributed by atoms with Crippen LogP contribution in [0.2, 0.25) is 0 Å². The van der Waals surface area contributed by atoms with E-state index in [1.807, 2.05) is 38.1 Å². The van der Waals surface area contributed by atoms with Crippen molar-refractivity contribution < 1.29 is 9.53 Å². The molecule has 20 heavy (non-hydrogen) atoms. The molecule has 1 heterocycles. The lowest BCUT2D eigenvalue weighted by Gasteiger charge is -2.13. The topological polar surface area (TPSA) is 77.2 Å². The second kappa shape index (κ2) is 6.34. The Morgan fingerprint density at radius 2 is 2.15 bits per heavy atom. The van der Waals surface area contributed by atoms with E-state index < -0.39 is 0 Å². The van der Waals surface area contributed by atoms with Gasteiger partial charge >= 0.3 is 0 Å². The highest BCUT2D eigenvalue weighted by Crippen LogP contribution is 2.25. The van der Waals surface area contributed by atoms with E-state index in [1.165, 1.54) is 0 Å². The third-order valence-corrected chi connectivity index (χ3v) is 2.72. The van der Waals surface area contributed by atoms with Gasteiger partial charge in [-0.1, -0.05) is 18.2 Å². The molecule has 3 N–H and O–H groups in total. The largest absolute Gasteiger partial charge is 0.474 e. The van der Waals surface area contributed by atoms with Crippen molar-refractivity contribution in [1.29, 1.82) is 0 Å². The molecule has 0 fully saturated rings. The molecule has 0 saturated heterocycles. The molecule has 5 nitrogen and oxygen atoms in total. The molecular formula is C15H19N3O2. The Hall–Kier alpha value is -2.14. The number of rotatable bonds is 5. The van der Waals surface area contributed by atoms with Crippen LogP contribution >= 0.6 is 0 Å². The van der Waals surface area contributed by atoms with Crippen LogP contribution in [0.4, 0.5) is 0 Å². The van der Waals surface area contributed by atoms with E-state index in [4.69, 9.17) is 10.5 Å². The highest BCUT2D eigenvalue weighted by molar-refractivity contribution is 5.98. The van der Waals surface area contributed by atoms with E-state index in [9.17, 15) is 4.79 Å². The van der Waals surface area contributed by atoms with Crippen LogP contribution in [-0.4, -0.2) is 30.1 Å². The second-order valence-electron chi connectivity index (χ2n) is 4.74. The van der Waals surface area contributed by atoms with Gasteiger partial charge < -0.3 is 15.8 Å². The van der Waals surface area contributed by atoms with Crippen LogP contribution in [0.1, 0.15) is 24.3 Å². The van der Waals surface area contributed by atoms with Crippen LogP contribution in [0.5, 0.6) is 5.88 Å². The predicted molar refractivity (Wildman–Crippen MR) is 78.9 cm³/mol. The van der Waals surface area contributed by atoms with Gasteiger partial charge in [0.05, 0.1) is 6.10 Å². The van der Waals surface area contributed by atoms with Crippen molar-refractivity contribution in [3.63, 3.8) is 0 Å². The van der Waals surface area contributed by atoms with Crippen molar-refractivity contribution in [3.8, 4) is 5.88 Å². The van der Waals surface area contributed by atoms with Crippen LogP contribution < -0.4 is 15.8 Å². The van der Waals surface area contributed by atoms with E-state index in [1.54, 1.807) is 6.07 Å². The number of amides is 1. The maximum Gasteiger partial charge on any atom is 0.270 e. The minimum absolute atomic E-state index is 0.00624. The lowest BCUT2D eigenvalue weighted by atomic mass is 10.1. The summed E-state index contributed by atoms with van der Waals surface area (Å²) < 4.78 is 5.71. The Labute approximate surface area is 118 Å². The molecule has 5 heteroatoms. The predicted octanol–water partition coefficient (Wildman–Crippen LogP) is 1.71. The van der Waals surface area contributed by atoms with Gasteiger partial charge in [-0.2, -0.15) is 0 Å². The minimum Gasteiger partial charge on any atom is -0.474 e. The smallest absolute Gasteiger partial charge is 0.270 e. The zero-order valence-corrected chi connectivity index (χ0v) is 11.7. The number of carbonyl (C=O) groups excluding carboxylic acids is 1. The van der Waals surface area contributed by atoms with Crippen LogP contribution in [-0.2, 0) is 0 Å². The molecule has 1 amide bonds. The van der Waals surface area contributed by atoms with Gasteiger partial charge in [0.15, 0.2) is 0 Å². The Kier molecular flexibility index (Phi) is 4.53. The third kappa shape index (κ3) is 3.24. The number of benzene rings is 1. The van der Waals surface area contributed by atoms with Gasteiger partial charge in [0, 0.05) is 18.5 Å². The van der Waals surface area contributed by atoms with Crippen LogP contribution in [0.25, 0.3) is 10.8 Å². The second-order valence-corrected chi connectivity index (χ2v) is 4.74. The first kappa shape index (κ1) is 14.3. The lowest BCUT2D eigenvalue weighted by Crippen LogP contribution is -2.29. The average molecular weight is 273 g/mol. The zero-order chi connectivity index (χ0) is 14.5. The number of hydrogen-bond donors (Lipinski definition) is 2. The maximum absolute atomic E-state index is 12.0. The van der Waals surface area contributed by atoms with Crippen LogP contribution in [0, 0.1) is 0 Å². The van der Waals surface area contributed by atoms with Crippen LogP contribution in [0.15, 0.2) is 30.3 Å². The van der Waals surface area contributed by atoms with Gasteiger partial charge in [-0.3, -0.25) is 4.79 Å². The summed E-state index contributed by atoms with van der Waals surface area (Å²) in [4.78, 5) is 16.3. The first-order valence-electron chi connectivity index (χ1n) is 6.66. The number of nitrogens with one attached hydrogen (secondary N) is 1. The number of fused-ring (bicyclic) bond motifs is 1. The fourth-order valence-corrected chi connectivity index (χ4v) is 1.87. The average Bonchev–Trinajstić information content (AvgIpc) is 2.44. The van der Waals surface area contributed by atoms with Crippen molar-refractivity contribution in [1.82, 2.24) is 10.3 Å². The summed E-state index contributed by atoms with van der Waals surface area (Å²) >= 11 is 0. The number of ether oxygens (including phenoxy) is 1. The number of pyridine rings is 1. The van der Waals surface area contributed by atoms with Gasteiger partial charge in [0.1, 0.15) is 5.69 Å². The molecule has 2 aromatic rings. The van der Waals surface area contributed by atoms with Gasteiger partial charge in [-0.05, 0) is 31.4 Å². The van der Waals surface area contributed by atoms with E-state index in [-0.39, 0.29) is 12.0 Å². The Morgan fingerprint density at radius 3 is 2.85 bits per heavy atom. The molecule has 0 unspecified atom stereocenters. The standard InChI is InChI=1S/C15H19N3O2/c1-10(2)20-15-12-6-4-3-5-11(12)9-13(18-15)14(19)17-8-7-16/h3-6,9-10H,7-8,16H2,1-2H3,(H,17,19). The molecule has 1 aromatic heterocycles. The lowest BCUT2D eigenvalue weighted by molar-refractivity contribution is 0.0948. The molecule has 0 spiro atoms. The monoisotopic (exact) mass is 273 g/mol. The maximum atomic E-state index is 12.0. The minimum atomic E-state index is -0.241. The first-order valence-corrected chi connectivity index (χ1v) is 6.66. The quantitative estimate of drug-likeness (QED) is 0.869. The van der Waals surface area contributed by atoms with Gasteiger partial charge in [-0.25, -0.2) is 4.98 Å². The molecule has 106 valence electrons. The van der Waals surface area contributed by atoms with Crippen molar-refractivity contribution >= 4 is 16.7 Å². The van der Waals surface area contributed by atoms with Gasteiger partial charge in [0.25, 0.3) is 5.91 Å². The molecule has 0 aliphatic heterocycles. The van der Waals surface area contributed by atoms with Crippen LogP contribution in [0.3, 0.4) is 0 Å². The molecule has 0 bridgehead atoms. The summed E-state index contributed by atoms with van der Waals surface area (Å²) in [6.45, 7) is 4.68. The molecule has 2 rings (SSSR count). The molecule has 0 saturated carbocycles. The summed E-state index contributed by atoms with van der Waals surface area (Å²) in [5, 5.41) is 4.54. The first-order chi connectivity index (χ1) is 9.61. The van der Waals surface area contributed by atoms with Gasteiger partial charge in [0.2, 0.25) is 5.88 Å². The molecule has 1 aromatic carbocycles. The van der Waals surface area contributed by atoms with Crippen molar-refractivity contribution in [2.75, 3.05) is 13.1 Å². The van der Waals surface area contributed by atoms with Gasteiger partial charge in [-0.15, -0.1) is 0 Å². The van der Waals surface area contributed by atoms with E-state index in [2.05, 4.69) is 10.3 Å². The van der Waals surface area contributed by atoms with E-state index >= 15 is 0 Å². The Bertz CT molecular complexity index is 611. The molecule has 0 atom stereocenters. The summed E-state index contributed by atoms with van der Waals surface area (Å²) in [6.07, 6.45) is -0.00624. The molecular weight excluding hydrogens is 254 g/mol. The summed E-state index contributed by atoms with van der Waals surface area (Å²) in [6, 6.07) is 9.47. The van der Waals surface area contributed by atoms with Crippen molar-refractivity contribution in [2.45, 2.75) is 20.0 Å². The fraction of sp³-hybridized carbons (Fsp3) is 0.333. The number of hydrogen-bond acceptors (Lipinski definition) is 4. The molecule has 0 radical (unpaired) electrons. The highest BCUT2D eigenvalue weighted by Gasteiger charge is 2.13. The SMILES string of the molecule is CC(C)Oc1nc(C(=O)NCCN)cc2ccccc12. The Morgan fingerprint density at radius 1 is 1.40 bits per heavy atom. The van der Waals surface area contributed by atoms with Crippen molar-refractivity contribution in [2.24, 2.45) is 5.73 Å². The number of carbonyl (C=O) groups is 1. The number of nitrogens with two attached hydrogens (primary N) is 1. The fourth-order valence-electron chi connectivity index (χ4n) is 1.87. The summed E-state index contributed by atoms with van der Waals surface area (Å²) in [5.41, 5.74) is 5.72. The summed E-state index contributed by atoms with van der Waals surface area (Å²) in [5.74, 6) is 0.241. The van der Waals surface area contributed by atoms with E-state index in [0.29, 0.717) is 24.7 Å². The molecule has 0 aliphatic carbocycles. The summed E-state index contributed by atoms with van der Waals surface area (Å²) in [7, 11) is 0. The zero-order valence-electron chi connectivity index (χ0n) is 11.7. The number of nitrogens with zero attached hydrogens (tertiary/aromatic N) is 1. The Balaban J connectivity index is 2.43. The van der Waals surface area contributed by atoms with E-state index in [0.717, 1.165) is 10.8 Å². The third-order valence-electron chi connectivity index (χ3n) is 2.72. The highest BCUT2D eigenvalue weighted by atomic mass is 16.5. The normalized spacial score (nSPS) is 10.8. The van der Waals surface area contributed by atoms with Crippen molar-refractivity contribution in [3.05, 3.63) is 36.0 Å². The number of aromatic nitrogens is 1.